The molecular formula is C12H9F3O3. The molecule has 6 heteroatoms. The molecule has 0 bridgehead atoms. The summed E-state index contributed by atoms with van der Waals surface area (Å²) in [5.74, 6) is -1.59. The van der Waals surface area contributed by atoms with Crippen LogP contribution in [0.4, 0.5) is 13.2 Å². The van der Waals surface area contributed by atoms with Crippen LogP contribution in [0.1, 0.15) is 11.1 Å². The van der Waals surface area contributed by atoms with E-state index < -0.39 is 23.8 Å². The van der Waals surface area contributed by atoms with Crippen LogP contribution in [0, 0.1) is 6.92 Å². The molecule has 1 aliphatic heterocycles. The van der Waals surface area contributed by atoms with Crippen molar-refractivity contribution in [2.45, 2.75) is 19.2 Å². The molecule has 0 aromatic heterocycles. The highest BCUT2D eigenvalue weighted by molar-refractivity contribution is 5.95. The first-order valence-electron chi connectivity index (χ1n) is 5.08. The molecule has 0 aliphatic carbocycles. The molecule has 1 aromatic carbocycles. The highest BCUT2D eigenvalue weighted by Crippen LogP contribution is 2.37. The summed E-state index contributed by atoms with van der Waals surface area (Å²) in [6.45, 7) is 1.71. The van der Waals surface area contributed by atoms with Gasteiger partial charge in [-0.25, -0.2) is 4.79 Å². The summed E-state index contributed by atoms with van der Waals surface area (Å²) in [5.41, 5.74) is 0.263. The van der Waals surface area contributed by atoms with Gasteiger partial charge in [0.25, 0.3) is 0 Å². The van der Waals surface area contributed by atoms with Crippen LogP contribution in [-0.2, 0) is 4.79 Å². The monoisotopic (exact) mass is 258 g/mol. The van der Waals surface area contributed by atoms with Crippen LogP contribution in [0.2, 0.25) is 0 Å². The third-order valence-corrected chi connectivity index (χ3v) is 2.55. The zero-order chi connectivity index (χ0) is 13.5. The Balaban J connectivity index is 2.53. The van der Waals surface area contributed by atoms with Crippen LogP contribution >= 0.6 is 0 Å². The lowest BCUT2D eigenvalue weighted by Gasteiger charge is -2.27. The Morgan fingerprint density at radius 3 is 2.61 bits per heavy atom. The standard InChI is InChI=1S/C12H9F3O3/c1-6-2-3-7-5-8(11(16)17)10(12(13,14)15)18-9(7)4-6/h2-5,10H,1H3,(H,16,17)/t10-/m1/s1. The van der Waals surface area contributed by atoms with Gasteiger partial charge in [0, 0.05) is 5.56 Å². The molecule has 0 radical (unpaired) electrons. The minimum absolute atomic E-state index is 0.0438. The maximum Gasteiger partial charge on any atom is 0.430 e. The molecule has 1 atom stereocenters. The van der Waals surface area contributed by atoms with Crippen LogP contribution in [0.3, 0.4) is 0 Å². The Morgan fingerprint density at radius 2 is 2.06 bits per heavy atom. The number of aliphatic carboxylic acids is 1. The first-order valence-corrected chi connectivity index (χ1v) is 5.08. The molecule has 96 valence electrons. The fourth-order valence-corrected chi connectivity index (χ4v) is 1.71. The summed E-state index contributed by atoms with van der Waals surface area (Å²) in [4.78, 5) is 10.8. The summed E-state index contributed by atoms with van der Waals surface area (Å²) in [7, 11) is 0. The molecule has 0 saturated carbocycles. The third kappa shape index (κ3) is 2.18. The van der Waals surface area contributed by atoms with Crippen molar-refractivity contribution in [3.63, 3.8) is 0 Å². The normalized spacial score (nSPS) is 18.7. The quantitative estimate of drug-likeness (QED) is 0.842. The topological polar surface area (TPSA) is 46.5 Å². The summed E-state index contributed by atoms with van der Waals surface area (Å²) in [6.07, 6.45) is -6.19. The fraction of sp³-hybridized carbons (Fsp3) is 0.250. The van der Waals surface area contributed by atoms with Crippen LogP contribution in [0.15, 0.2) is 23.8 Å². The lowest BCUT2D eigenvalue weighted by atomic mass is 10.0. The van der Waals surface area contributed by atoms with Crippen molar-refractivity contribution in [2.24, 2.45) is 0 Å². The van der Waals surface area contributed by atoms with Gasteiger partial charge in [-0.3, -0.25) is 0 Å². The van der Waals surface area contributed by atoms with E-state index in [2.05, 4.69) is 0 Å². The number of hydrogen-bond donors (Lipinski definition) is 1. The molecule has 3 nitrogen and oxygen atoms in total. The van der Waals surface area contributed by atoms with Crippen molar-refractivity contribution < 1.29 is 27.8 Å². The number of halogens is 3. The highest BCUT2D eigenvalue weighted by atomic mass is 19.4. The molecule has 0 unspecified atom stereocenters. The number of benzene rings is 1. The number of hydrogen-bond acceptors (Lipinski definition) is 2. The fourth-order valence-electron chi connectivity index (χ4n) is 1.71. The molecule has 0 spiro atoms. The van der Waals surface area contributed by atoms with Crippen molar-refractivity contribution in [1.29, 1.82) is 0 Å². The van der Waals surface area contributed by atoms with Gasteiger partial charge in [-0.2, -0.15) is 13.2 Å². The number of carboxylic acids is 1. The number of alkyl halides is 3. The number of rotatable bonds is 1. The van der Waals surface area contributed by atoms with Crippen molar-refractivity contribution in [2.75, 3.05) is 0 Å². The minimum Gasteiger partial charge on any atom is -0.478 e. The average Bonchev–Trinajstić information content (AvgIpc) is 2.25. The summed E-state index contributed by atoms with van der Waals surface area (Å²) >= 11 is 0. The molecule has 2 rings (SSSR count). The van der Waals surface area contributed by atoms with Gasteiger partial charge in [0.05, 0.1) is 5.57 Å². The van der Waals surface area contributed by atoms with E-state index in [0.717, 1.165) is 11.6 Å². The van der Waals surface area contributed by atoms with Crippen molar-refractivity contribution in [3.8, 4) is 5.75 Å². The second kappa shape index (κ2) is 4.04. The zero-order valence-corrected chi connectivity index (χ0v) is 9.28. The molecular weight excluding hydrogens is 249 g/mol. The van der Waals surface area contributed by atoms with E-state index in [1.165, 1.54) is 12.1 Å². The van der Waals surface area contributed by atoms with Gasteiger partial charge >= 0.3 is 12.1 Å². The Labute approximate surface area is 100 Å². The Kier molecular flexibility index (Phi) is 2.80. The first kappa shape index (κ1) is 12.5. The molecule has 0 fully saturated rings. The summed E-state index contributed by atoms with van der Waals surface area (Å²) < 4.78 is 42.9. The number of fused-ring (bicyclic) bond motifs is 1. The van der Waals surface area contributed by atoms with Crippen LogP contribution < -0.4 is 4.74 Å². The third-order valence-electron chi connectivity index (χ3n) is 2.55. The van der Waals surface area contributed by atoms with Crippen LogP contribution in [0.25, 0.3) is 6.08 Å². The molecule has 0 saturated heterocycles. The van der Waals surface area contributed by atoms with E-state index in [1.807, 2.05) is 0 Å². The van der Waals surface area contributed by atoms with Crippen LogP contribution in [-0.4, -0.2) is 23.4 Å². The maximum atomic E-state index is 12.7. The van der Waals surface area contributed by atoms with Gasteiger partial charge < -0.3 is 9.84 Å². The van der Waals surface area contributed by atoms with Gasteiger partial charge in [-0.1, -0.05) is 12.1 Å². The summed E-state index contributed by atoms with van der Waals surface area (Å²) in [6, 6.07) is 4.65. The number of carbonyl (C=O) groups is 1. The van der Waals surface area contributed by atoms with E-state index in [9.17, 15) is 18.0 Å². The summed E-state index contributed by atoms with van der Waals surface area (Å²) in [5, 5.41) is 8.80. The van der Waals surface area contributed by atoms with Crippen molar-refractivity contribution >= 4 is 12.0 Å². The zero-order valence-electron chi connectivity index (χ0n) is 9.28. The van der Waals surface area contributed by atoms with E-state index in [0.29, 0.717) is 5.56 Å². The van der Waals surface area contributed by atoms with Gasteiger partial charge in [-0.15, -0.1) is 0 Å². The highest BCUT2D eigenvalue weighted by Gasteiger charge is 2.48. The van der Waals surface area contributed by atoms with Crippen molar-refractivity contribution in [1.82, 2.24) is 0 Å². The van der Waals surface area contributed by atoms with Gasteiger partial charge in [0.2, 0.25) is 6.10 Å². The number of carboxylic acid groups (broad SMARTS) is 1. The Morgan fingerprint density at radius 1 is 1.39 bits per heavy atom. The maximum absolute atomic E-state index is 12.7. The van der Waals surface area contributed by atoms with E-state index in [-0.39, 0.29) is 5.75 Å². The Hall–Kier alpha value is -1.98. The largest absolute Gasteiger partial charge is 0.478 e. The minimum atomic E-state index is -4.76. The van der Waals surface area contributed by atoms with Gasteiger partial charge in [-0.05, 0) is 24.6 Å². The first-order chi connectivity index (χ1) is 8.29. The molecule has 1 heterocycles. The smallest absolute Gasteiger partial charge is 0.430 e. The molecule has 1 aromatic rings. The molecule has 0 amide bonds. The van der Waals surface area contributed by atoms with Gasteiger partial charge in [0.1, 0.15) is 5.75 Å². The van der Waals surface area contributed by atoms with Crippen LogP contribution in [0.5, 0.6) is 5.75 Å². The van der Waals surface area contributed by atoms with Gasteiger partial charge in [0.15, 0.2) is 0 Å². The molecule has 1 aliphatic rings. The SMILES string of the molecule is Cc1ccc2c(c1)O[C@@H](C(F)(F)F)C(C(=O)O)=C2. The molecule has 18 heavy (non-hydrogen) atoms. The van der Waals surface area contributed by atoms with Crippen molar-refractivity contribution in [3.05, 3.63) is 34.9 Å². The average molecular weight is 258 g/mol. The predicted octanol–water partition coefficient (Wildman–Crippen LogP) is 2.79. The lowest BCUT2D eigenvalue weighted by Crippen LogP contribution is -2.40. The second-order valence-electron chi connectivity index (χ2n) is 3.99. The van der Waals surface area contributed by atoms with E-state index >= 15 is 0 Å². The Bertz CT molecular complexity index is 532. The number of aryl methyl sites for hydroxylation is 1. The second-order valence-corrected chi connectivity index (χ2v) is 3.99. The number of ether oxygens (including phenoxy) is 1. The molecule has 1 N–H and O–H groups in total. The van der Waals surface area contributed by atoms with E-state index in [1.54, 1.807) is 13.0 Å². The van der Waals surface area contributed by atoms with E-state index in [4.69, 9.17) is 9.84 Å². The lowest BCUT2D eigenvalue weighted by molar-refractivity contribution is -0.187. The predicted molar refractivity (Wildman–Crippen MR) is 57.3 cm³/mol.